The molecule has 1 aliphatic rings. The summed E-state index contributed by atoms with van der Waals surface area (Å²) in [6, 6.07) is 8.06. The van der Waals surface area contributed by atoms with Gasteiger partial charge in [-0.15, -0.1) is 0 Å². The van der Waals surface area contributed by atoms with Gasteiger partial charge in [-0.2, -0.15) is 0 Å². The van der Waals surface area contributed by atoms with Crippen molar-refractivity contribution in [2.75, 3.05) is 27.7 Å². The summed E-state index contributed by atoms with van der Waals surface area (Å²) in [6.45, 7) is 5.19. The van der Waals surface area contributed by atoms with E-state index < -0.39 is 5.60 Å². The molecule has 1 aliphatic carbocycles. The van der Waals surface area contributed by atoms with Crippen LogP contribution in [0.3, 0.4) is 0 Å². The third kappa shape index (κ3) is 4.86. The number of hydrogen-bond donors (Lipinski definition) is 1. The van der Waals surface area contributed by atoms with Gasteiger partial charge in [0.25, 0.3) is 0 Å². The first-order valence-electron chi connectivity index (χ1n) is 9.57. The molecule has 1 fully saturated rings. The van der Waals surface area contributed by atoms with E-state index >= 15 is 0 Å². The number of aliphatic hydroxyl groups is 1. The van der Waals surface area contributed by atoms with Gasteiger partial charge in [0.1, 0.15) is 5.75 Å². The van der Waals surface area contributed by atoms with Crippen LogP contribution in [0.15, 0.2) is 29.8 Å². The quantitative estimate of drug-likeness (QED) is 0.783. The van der Waals surface area contributed by atoms with Crippen LogP contribution in [0.25, 0.3) is 6.08 Å². The molecule has 1 saturated carbocycles. The first kappa shape index (κ1) is 20.0. The second-order valence-electron chi connectivity index (χ2n) is 7.92. The molecule has 1 aromatic rings. The lowest BCUT2D eigenvalue weighted by Crippen LogP contribution is -2.49. The highest BCUT2D eigenvalue weighted by atomic mass is 16.5. The predicted molar refractivity (Wildman–Crippen MR) is 106 cm³/mol. The molecule has 0 spiro atoms. The molecular formula is C22H35NO2. The van der Waals surface area contributed by atoms with Gasteiger partial charge in [-0.25, -0.2) is 0 Å². The Morgan fingerprint density at radius 1 is 1.24 bits per heavy atom. The maximum atomic E-state index is 11.9. The van der Waals surface area contributed by atoms with Crippen molar-refractivity contribution in [3.8, 4) is 5.75 Å². The Balaban J connectivity index is 2.32. The first-order valence-corrected chi connectivity index (χ1v) is 9.57. The highest BCUT2D eigenvalue weighted by molar-refractivity contribution is 5.56. The molecule has 0 heterocycles. The molecule has 0 radical (unpaired) electrons. The summed E-state index contributed by atoms with van der Waals surface area (Å²) in [7, 11) is 5.85. The van der Waals surface area contributed by atoms with Gasteiger partial charge >= 0.3 is 0 Å². The summed E-state index contributed by atoms with van der Waals surface area (Å²) in [5.74, 6) is 1.41. The number of benzene rings is 1. The Labute approximate surface area is 153 Å². The lowest BCUT2D eigenvalue weighted by Gasteiger charge is -2.44. The number of methoxy groups -OCH3 is 1. The molecule has 3 nitrogen and oxygen atoms in total. The SMILES string of the molecule is COc1ccc(/C=C(\C)C(O)(C(C)CN(C)C)C2CCCCC2)cc1. The zero-order valence-electron chi connectivity index (χ0n) is 16.6. The molecule has 0 saturated heterocycles. The van der Waals surface area contributed by atoms with Gasteiger partial charge in [-0.1, -0.05) is 44.4 Å². The van der Waals surface area contributed by atoms with Crippen molar-refractivity contribution in [2.45, 2.75) is 51.6 Å². The second-order valence-corrected chi connectivity index (χ2v) is 7.92. The average molecular weight is 346 g/mol. The van der Waals surface area contributed by atoms with Crippen LogP contribution >= 0.6 is 0 Å². The molecule has 0 aliphatic heterocycles. The summed E-state index contributed by atoms with van der Waals surface area (Å²) in [5, 5.41) is 11.9. The monoisotopic (exact) mass is 345 g/mol. The van der Waals surface area contributed by atoms with Crippen molar-refractivity contribution in [2.24, 2.45) is 11.8 Å². The molecular weight excluding hydrogens is 310 g/mol. The first-order chi connectivity index (χ1) is 11.9. The Hall–Kier alpha value is -1.32. The van der Waals surface area contributed by atoms with E-state index in [4.69, 9.17) is 4.74 Å². The third-order valence-corrected chi connectivity index (χ3v) is 5.75. The standard InChI is InChI=1S/C22H35NO2/c1-17(15-19-11-13-21(25-5)14-12-19)22(24,18(2)16-23(3)4)20-9-7-6-8-10-20/h11-15,18,20,24H,6-10,16H2,1-5H3/b17-15+. The molecule has 2 rings (SSSR count). The van der Waals surface area contributed by atoms with Crippen LogP contribution < -0.4 is 4.74 Å². The van der Waals surface area contributed by atoms with Gasteiger partial charge in [-0.05, 0) is 63.0 Å². The summed E-state index contributed by atoms with van der Waals surface area (Å²) < 4.78 is 5.24. The minimum atomic E-state index is -0.745. The van der Waals surface area contributed by atoms with E-state index in [2.05, 4.69) is 51.1 Å². The van der Waals surface area contributed by atoms with Crippen molar-refractivity contribution in [3.63, 3.8) is 0 Å². The fraction of sp³-hybridized carbons (Fsp3) is 0.636. The average Bonchev–Trinajstić information content (AvgIpc) is 2.61. The Morgan fingerprint density at radius 3 is 2.36 bits per heavy atom. The van der Waals surface area contributed by atoms with Crippen LogP contribution in [0.2, 0.25) is 0 Å². The Bertz CT molecular complexity index is 558. The van der Waals surface area contributed by atoms with E-state index in [9.17, 15) is 5.11 Å². The number of rotatable bonds is 7. The molecule has 0 bridgehead atoms. The van der Waals surface area contributed by atoms with E-state index in [-0.39, 0.29) is 5.92 Å². The van der Waals surface area contributed by atoms with Crippen LogP contribution in [0, 0.1) is 11.8 Å². The predicted octanol–water partition coefficient (Wildman–Crippen LogP) is 4.61. The van der Waals surface area contributed by atoms with Crippen LogP contribution in [0.1, 0.15) is 51.5 Å². The minimum absolute atomic E-state index is 0.195. The molecule has 0 aromatic heterocycles. The molecule has 2 atom stereocenters. The Kier molecular flexibility index (Phi) is 7.09. The summed E-state index contributed by atoms with van der Waals surface area (Å²) >= 11 is 0. The molecule has 2 unspecified atom stereocenters. The van der Waals surface area contributed by atoms with Crippen molar-refractivity contribution < 1.29 is 9.84 Å². The zero-order valence-corrected chi connectivity index (χ0v) is 16.6. The van der Waals surface area contributed by atoms with Crippen molar-refractivity contribution in [3.05, 3.63) is 35.4 Å². The highest BCUT2D eigenvalue weighted by Gasteiger charge is 2.43. The Morgan fingerprint density at radius 2 is 1.84 bits per heavy atom. The van der Waals surface area contributed by atoms with Crippen LogP contribution in [-0.2, 0) is 0 Å². The van der Waals surface area contributed by atoms with Gasteiger partial charge in [0.05, 0.1) is 12.7 Å². The lowest BCUT2D eigenvalue weighted by molar-refractivity contribution is -0.0493. The second kappa shape index (κ2) is 8.86. The van der Waals surface area contributed by atoms with Crippen molar-refractivity contribution >= 4 is 6.08 Å². The molecule has 140 valence electrons. The smallest absolute Gasteiger partial charge is 0.118 e. The van der Waals surface area contributed by atoms with E-state index in [1.807, 2.05) is 12.1 Å². The zero-order chi connectivity index (χ0) is 18.4. The van der Waals surface area contributed by atoms with Crippen molar-refractivity contribution in [1.82, 2.24) is 4.90 Å². The number of hydrogen-bond acceptors (Lipinski definition) is 3. The summed E-state index contributed by atoms with van der Waals surface area (Å²) in [4.78, 5) is 2.18. The van der Waals surface area contributed by atoms with Gasteiger partial charge < -0.3 is 14.7 Å². The van der Waals surface area contributed by atoms with Crippen LogP contribution in [0.4, 0.5) is 0 Å². The summed E-state index contributed by atoms with van der Waals surface area (Å²) in [5.41, 5.74) is 1.45. The molecule has 25 heavy (non-hydrogen) atoms. The topological polar surface area (TPSA) is 32.7 Å². The van der Waals surface area contributed by atoms with E-state index in [1.165, 1.54) is 19.3 Å². The maximum absolute atomic E-state index is 11.9. The van der Waals surface area contributed by atoms with Gasteiger partial charge in [0.15, 0.2) is 0 Å². The van der Waals surface area contributed by atoms with E-state index in [0.29, 0.717) is 5.92 Å². The number of ether oxygens (including phenoxy) is 1. The van der Waals surface area contributed by atoms with Gasteiger partial charge in [-0.3, -0.25) is 0 Å². The lowest BCUT2D eigenvalue weighted by atomic mass is 9.67. The molecule has 3 heteroatoms. The normalized spacial score (nSPS) is 20.4. The van der Waals surface area contributed by atoms with E-state index in [0.717, 1.165) is 36.3 Å². The minimum Gasteiger partial charge on any atom is -0.497 e. The highest BCUT2D eigenvalue weighted by Crippen LogP contribution is 2.42. The van der Waals surface area contributed by atoms with Gasteiger partial charge in [0.2, 0.25) is 0 Å². The van der Waals surface area contributed by atoms with E-state index in [1.54, 1.807) is 7.11 Å². The molecule has 1 N–H and O–H groups in total. The maximum Gasteiger partial charge on any atom is 0.118 e. The third-order valence-electron chi connectivity index (χ3n) is 5.75. The largest absolute Gasteiger partial charge is 0.497 e. The van der Waals surface area contributed by atoms with Crippen molar-refractivity contribution in [1.29, 1.82) is 0 Å². The molecule has 0 amide bonds. The number of nitrogens with zero attached hydrogens (tertiary/aromatic N) is 1. The summed E-state index contributed by atoms with van der Waals surface area (Å²) in [6.07, 6.45) is 8.18. The fourth-order valence-corrected chi connectivity index (χ4v) is 4.41. The van der Waals surface area contributed by atoms with Gasteiger partial charge in [0, 0.05) is 12.5 Å². The molecule has 1 aromatic carbocycles. The fourth-order valence-electron chi connectivity index (χ4n) is 4.41. The van der Waals surface area contributed by atoms with Crippen LogP contribution in [0.5, 0.6) is 5.75 Å². The van der Waals surface area contributed by atoms with Crippen LogP contribution in [-0.4, -0.2) is 43.4 Å².